The van der Waals surface area contributed by atoms with Gasteiger partial charge in [-0.1, -0.05) is 23.4 Å². The van der Waals surface area contributed by atoms with Crippen molar-refractivity contribution in [3.05, 3.63) is 52.8 Å². The van der Waals surface area contributed by atoms with E-state index in [0.29, 0.717) is 21.3 Å². The van der Waals surface area contributed by atoms with Crippen LogP contribution in [0.15, 0.2) is 40.6 Å². The Labute approximate surface area is 203 Å². The second-order valence-corrected chi connectivity index (χ2v) is 10.2. The van der Waals surface area contributed by atoms with Crippen molar-refractivity contribution in [1.82, 2.24) is 29.9 Å². The van der Waals surface area contributed by atoms with E-state index in [0.717, 1.165) is 54.5 Å². The second-order valence-electron chi connectivity index (χ2n) is 8.74. The Morgan fingerprint density at radius 3 is 2.82 bits per heavy atom. The fourth-order valence-electron chi connectivity index (χ4n) is 4.92. The summed E-state index contributed by atoms with van der Waals surface area (Å²) in [5, 5.41) is 1.05. The number of hydrogen-bond acceptors (Lipinski definition) is 9. The van der Waals surface area contributed by atoms with Gasteiger partial charge in [-0.25, -0.2) is 19.3 Å². The summed E-state index contributed by atoms with van der Waals surface area (Å²) in [6, 6.07) is 3.11. The lowest BCUT2D eigenvalue weighted by atomic mass is 9.73. The zero-order valence-electron chi connectivity index (χ0n) is 18.0. The number of nitrogens with zero attached hydrogens (tertiary/aromatic N) is 6. The first-order valence-corrected chi connectivity index (χ1v) is 12.1. The van der Waals surface area contributed by atoms with Gasteiger partial charge in [-0.2, -0.15) is 4.98 Å². The number of fused-ring (bicyclic) bond motifs is 2. The molecular formula is C22H21ClFN9S. The zero-order chi connectivity index (χ0) is 23.4. The maximum atomic E-state index is 13.7. The summed E-state index contributed by atoms with van der Waals surface area (Å²) in [6.45, 7) is 1.55. The van der Waals surface area contributed by atoms with E-state index >= 15 is 0 Å². The Balaban J connectivity index is 1.19. The normalized spacial score (nSPS) is 19.1. The van der Waals surface area contributed by atoms with Gasteiger partial charge in [0, 0.05) is 35.9 Å². The number of H-pyrrole nitrogens is 1. The minimum absolute atomic E-state index is 0.0996. The predicted octanol–water partition coefficient (Wildman–Crippen LogP) is 3.51. The highest BCUT2D eigenvalue weighted by Crippen LogP contribution is 2.50. The first-order chi connectivity index (χ1) is 16.4. The number of pyridine rings is 2. The molecule has 0 aromatic carbocycles. The van der Waals surface area contributed by atoms with Gasteiger partial charge >= 0.3 is 0 Å². The van der Waals surface area contributed by atoms with Crippen molar-refractivity contribution in [2.45, 2.75) is 35.2 Å². The highest BCUT2D eigenvalue weighted by atomic mass is 35.5. The van der Waals surface area contributed by atoms with E-state index in [1.807, 2.05) is 0 Å². The van der Waals surface area contributed by atoms with Crippen LogP contribution in [0.5, 0.6) is 0 Å². The molecule has 0 saturated carbocycles. The largest absolute Gasteiger partial charge is 0.382 e. The number of halogens is 2. The highest BCUT2D eigenvalue weighted by Gasteiger charge is 2.47. The number of aromatic amines is 1. The third-order valence-corrected chi connectivity index (χ3v) is 8.29. The second kappa shape index (κ2) is 8.03. The summed E-state index contributed by atoms with van der Waals surface area (Å²) in [4.78, 5) is 28.3. The fraction of sp³-hybridized carbons (Fsp3) is 0.318. The molecule has 6 rings (SSSR count). The van der Waals surface area contributed by atoms with Crippen LogP contribution in [0.2, 0.25) is 5.02 Å². The Kier molecular flexibility index (Phi) is 5.08. The molecule has 2 aliphatic rings. The first kappa shape index (κ1) is 21.5. The molecule has 34 heavy (non-hydrogen) atoms. The van der Waals surface area contributed by atoms with Crippen LogP contribution in [0, 0.1) is 11.2 Å². The van der Waals surface area contributed by atoms with E-state index in [1.165, 1.54) is 24.0 Å². The van der Waals surface area contributed by atoms with Gasteiger partial charge in [-0.15, -0.1) is 0 Å². The number of aromatic nitrogens is 6. The molecule has 1 spiro atoms. The van der Waals surface area contributed by atoms with Crippen molar-refractivity contribution in [1.29, 1.82) is 0 Å². The summed E-state index contributed by atoms with van der Waals surface area (Å²) in [7, 11) is 0. The van der Waals surface area contributed by atoms with Gasteiger partial charge in [0.1, 0.15) is 16.7 Å². The van der Waals surface area contributed by atoms with Crippen molar-refractivity contribution in [3.8, 4) is 0 Å². The number of piperidine rings is 1. The predicted molar refractivity (Wildman–Crippen MR) is 128 cm³/mol. The molecule has 12 heteroatoms. The van der Waals surface area contributed by atoms with Gasteiger partial charge in [0.15, 0.2) is 11.3 Å². The molecule has 5 N–H and O–H groups in total. The maximum absolute atomic E-state index is 13.7. The van der Waals surface area contributed by atoms with Gasteiger partial charge < -0.3 is 21.4 Å². The molecular weight excluding hydrogens is 477 g/mol. The van der Waals surface area contributed by atoms with Crippen LogP contribution in [0.3, 0.4) is 0 Å². The Morgan fingerprint density at radius 2 is 2.00 bits per heavy atom. The van der Waals surface area contributed by atoms with Crippen LogP contribution < -0.4 is 16.4 Å². The van der Waals surface area contributed by atoms with Crippen LogP contribution in [0.25, 0.3) is 11.3 Å². The summed E-state index contributed by atoms with van der Waals surface area (Å²) in [5.41, 5.74) is 15.2. The molecule has 0 amide bonds. The lowest BCUT2D eigenvalue weighted by molar-refractivity contribution is 0.186. The van der Waals surface area contributed by atoms with E-state index in [9.17, 15) is 4.39 Å². The van der Waals surface area contributed by atoms with Crippen molar-refractivity contribution in [2.24, 2.45) is 11.1 Å². The lowest BCUT2D eigenvalue weighted by Gasteiger charge is -2.41. The summed E-state index contributed by atoms with van der Waals surface area (Å²) in [5.74, 6) is 0.668. The van der Waals surface area contributed by atoms with Gasteiger partial charge in [0.25, 0.3) is 0 Å². The van der Waals surface area contributed by atoms with Gasteiger partial charge in [-0.3, -0.25) is 4.98 Å². The molecule has 174 valence electrons. The SMILES string of the molecule is Nc1nccc(Sc2cnc3[nH]c(N4CCC5(CC4)Cc4ncc(F)cc4[C@@H]5N)nc3n2)c1Cl. The van der Waals surface area contributed by atoms with Crippen LogP contribution in [0.1, 0.15) is 30.1 Å². The number of hydrogen-bond donors (Lipinski definition) is 3. The first-order valence-electron chi connectivity index (χ1n) is 10.9. The maximum Gasteiger partial charge on any atom is 0.206 e. The Bertz CT molecular complexity index is 1400. The smallest absolute Gasteiger partial charge is 0.206 e. The molecule has 4 aromatic rings. The van der Waals surface area contributed by atoms with Gasteiger partial charge in [0.05, 0.1) is 17.4 Å². The number of nitrogen functional groups attached to an aromatic ring is 1. The molecule has 1 atom stereocenters. The lowest BCUT2D eigenvalue weighted by Crippen LogP contribution is -2.44. The van der Waals surface area contributed by atoms with Crippen LogP contribution in [0.4, 0.5) is 16.2 Å². The van der Waals surface area contributed by atoms with Crippen molar-refractivity contribution in [3.63, 3.8) is 0 Å². The minimum Gasteiger partial charge on any atom is -0.382 e. The standard InChI is InChI=1S/C22H21ClFN9S/c23-16-14(1-4-27-18(16)26)34-15-10-29-19-20(30-15)32-21(31-19)33-5-2-22(3-6-33)8-13-12(17(22)25)7-11(24)9-28-13/h1,4,7,9-10,17H,2-3,5-6,8,25H2,(H2,26,27)(H,29,30,31,32)/t17-/m0/s1. The molecule has 1 saturated heterocycles. The number of nitrogens with one attached hydrogen (secondary N) is 1. The minimum atomic E-state index is -0.335. The molecule has 1 fully saturated rings. The molecule has 0 unspecified atom stereocenters. The van der Waals surface area contributed by atoms with Gasteiger partial charge in [0.2, 0.25) is 5.95 Å². The quantitative estimate of drug-likeness (QED) is 0.388. The Morgan fingerprint density at radius 1 is 1.18 bits per heavy atom. The topological polar surface area (TPSA) is 136 Å². The number of rotatable bonds is 3. The zero-order valence-corrected chi connectivity index (χ0v) is 19.6. The van der Waals surface area contributed by atoms with Crippen LogP contribution in [-0.4, -0.2) is 43.0 Å². The summed E-state index contributed by atoms with van der Waals surface area (Å²) < 4.78 is 13.7. The van der Waals surface area contributed by atoms with Crippen LogP contribution in [-0.2, 0) is 6.42 Å². The number of imidazole rings is 1. The van der Waals surface area contributed by atoms with E-state index in [4.69, 9.17) is 23.1 Å². The molecule has 1 aliphatic heterocycles. The van der Waals surface area contributed by atoms with E-state index in [2.05, 4.69) is 34.8 Å². The summed E-state index contributed by atoms with van der Waals surface area (Å²) in [6.07, 6.45) is 7.07. The van der Waals surface area contributed by atoms with E-state index in [1.54, 1.807) is 18.5 Å². The van der Waals surface area contributed by atoms with Crippen molar-refractivity contribution >= 4 is 46.4 Å². The molecule has 9 nitrogen and oxygen atoms in total. The van der Waals surface area contributed by atoms with E-state index in [-0.39, 0.29) is 23.1 Å². The fourth-order valence-corrected chi connectivity index (χ4v) is 5.93. The molecule has 0 bridgehead atoms. The van der Waals surface area contributed by atoms with Crippen LogP contribution >= 0.6 is 23.4 Å². The average molecular weight is 498 g/mol. The molecule has 4 aromatic heterocycles. The number of anilines is 2. The van der Waals surface area contributed by atoms with Crippen molar-refractivity contribution < 1.29 is 4.39 Å². The average Bonchev–Trinajstić information content (AvgIpc) is 3.37. The van der Waals surface area contributed by atoms with Gasteiger partial charge in [-0.05, 0) is 42.4 Å². The molecule has 5 heterocycles. The Hall–Kier alpha value is -3.02. The highest BCUT2D eigenvalue weighted by molar-refractivity contribution is 7.99. The van der Waals surface area contributed by atoms with E-state index < -0.39 is 0 Å². The monoisotopic (exact) mass is 497 g/mol. The number of nitrogens with two attached hydrogens (primary N) is 2. The molecule has 0 radical (unpaired) electrons. The third-order valence-electron chi connectivity index (χ3n) is 6.81. The van der Waals surface area contributed by atoms with Crippen molar-refractivity contribution in [2.75, 3.05) is 23.7 Å². The molecule has 1 aliphatic carbocycles. The third kappa shape index (κ3) is 3.55. The summed E-state index contributed by atoms with van der Waals surface area (Å²) >= 11 is 7.61.